The third-order valence-electron chi connectivity index (χ3n) is 7.72. The van der Waals surface area contributed by atoms with E-state index in [0.29, 0.717) is 13.0 Å². The van der Waals surface area contributed by atoms with Crippen molar-refractivity contribution in [2.45, 2.75) is 200 Å². The second-order valence-corrected chi connectivity index (χ2v) is 11.5. The Labute approximate surface area is 232 Å². The van der Waals surface area contributed by atoms with Gasteiger partial charge in [-0.05, 0) is 12.8 Å². The molecule has 0 unspecified atom stereocenters. The Balaban J connectivity index is 3.28. The van der Waals surface area contributed by atoms with Crippen LogP contribution in [0.2, 0.25) is 0 Å². The molecule has 0 saturated heterocycles. The van der Waals surface area contributed by atoms with E-state index in [-0.39, 0.29) is 5.78 Å². The van der Waals surface area contributed by atoms with Crippen molar-refractivity contribution in [2.24, 2.45) is 0 Å². The van der Waals surface area contributed by atoms with Gasteiger partial charge in [0.1, 0.15) is 0 Å². The number of carbonyl (C=O) groups excluding carboxylic acids is 2. The first-order valence-electron chi connectivity index (χ1n) is 16.9. The molecule has 0 saturated carbocycles. The van der Waals surface area contributed by atoms with Gasteiger partial charge in [-0.1, -0.05) is 181 Å². The number of carbonyl (C=O) groups is 2. The predicted molar refractivity (Wildman–Crippen MR) is 161 cm³/mol. The second-order valence-electron chi connectivity index (χ2n) is 11.5. The van der Waals surface area contributed by atoms with E-state index in [1.807, 2.05) is 0 Å². The van der Waals surface area contributed by atoms with Gasteiger partial charge >= 0.3 is 5.97 Å². The minimum absolute atomic E-state index is 0.329. The van der Waals surface area contributed by atoms with E-state index in [1.165, 1.54) is 154 Å². The van der Waals surface area contributed by atoms with Gasteiger partial charge in [-0.25, -0.2) is 4.79 Å². The Morgan fingerprint density at radius 2 is 0.649 bits per heavy atom. The van der Waals surface area contributed by atoms with E-state index in [1.54, 1.807) is 0 Å². The third-order valence-corrected chi connectivity index (χ3v) is 7.72. The third kappa shape index (κ3) is 29.5. The molecule has 0 aromatic carbocycles. The zero-order valence-corrected chi connectivity index (χ0v) is 25.4. The molecule has 0 fully saturated rings. The van der Waals surface area contributed by atoms with Crippen molar-refractivity contribution in [3.05, 3.63) is 0 Å². The van der Waals surface area contributed by atoms with Gasteiger partial charge in [0.25, 0.3) is 0 Å². The first kappa shape index (κ1) is 36.1. The molecule has 0 amide bonds. The number of hydrogen-bond acceptors (Lipinski definition) is 3. The van der Waals surface area contributed by atoms with E-state index in [2.05, 4.69) is 13.8 Å². The zero-order valence-electron chi connectivity index (χ0n) is 25.4. The Bertz CT molecular complexity index is 474. The van der Waals surface area contributed by atoms with E-state index in [9.17, 15) is 9.59 Å². The molecule has 220 valence electrons. The quantitative estimate of drug-likeness (QED) is 0.0516. The molecule has 0 spiro atoms. The summed E-state index contributed by atoms with van der Waals surface area (Å²) in [4.78, 5) is 23.8. The molecule has 37 heavy (non-hydrogen) atoms. The van der Waals surface area contributed by atoms with Crippen LogP contribution >= 0.6 is 0 Å². The maximum absolute atomic E-state index is 12.0. The Kier molecular flexibility index (Phi) is 30.6. The van der Waals surface area contributed by atoms with Crippen molar-refractivity contribution in [2.75, 3.05) is 6.61 Å². The summed E-state index contributed by atoms with van der Waals surface area (Å²) in [6.07, 6.45) is 36.8. The van der Waals surface area contributed by atoms with Crippen LogP contribution in [-0.4, -0.2) is 18.4 Å². The molecule has 0 N–H and O–H groups in total. The van der Waals surface area contributed by atoms with Crippen LogP contribution in [0.4, 0.5) is 0 Å². The molecular weight excluding hydrogens is 456 g/mol. The average molecular weight is 523 g/mol. The van der Waals surface area contributed by atoms with Gasteiger partial charge in [0.15, 0.2) is 0 Å². The summed E-state index contributed by atoms with van der Waals surface area (Å²) in [6, 6.07) is 0. The van der Waals surface area contributed by atoms with Crippen LogP contribution in [0.15, 0.2) is 0 Å². The molecule has 0 atom stereocenters. The van der Waals surface area contributed by atoms with Crippen molar-refractivity contribution in [3.8, 4) is 0 Å². The van der Waals surface area contributed by atoms with Gasteiger partial charge in [0.2, 0.25) is 5.78 Å². The van der Waals surface area contributed by atoms with Crippen LogP contribution in [0.1, 0.15) is 200 Å². The number of Topliss-reactive ketones (excluding diaryl/α,β-unsaturated/α-hetero) is 1. The molecule has 0 rings (SSSR count). The minimum Gasteiger partial charge on any atom is -0.460 e. The fourth-order valence-corrected chi connectivity index (χ4v) is 5.12. The van der Waals surface area contributed by atoms with E-state index >= 15 is 0 Å². The topological polar surface area (TPSA) is 43.4 Å². The summed E-state index contributed by atoms with van der Waals surface area (Å²) in [6.45, 7) is 4.95. The molecule has 0 aliphatic carbocycles. The van der Waals surface area contributed by atoms with Crippen LogP contribution in [-0.2, 0) is 14.3 Å². The van der Waals surface area contributed by atoms with Crippen molar-refractivity contribution in [1.29, 1.82) is 0 Å². The van der Waals surface area contributed by atoms with Crippen LogP contribution < -0.4 is 0 Å². The highest BCUT2D eigenvalue weighted by atomic mass is 16.5. The number of rotatable bonds is 31. The lowest BCUT2D eigenvalue weighted by Gasteiger charge is -2.05. The number of ether oxygens (including phenoxy) is 1. The smallest absolute Gasteiger partial charge is 0.374 e. The monoisotopic (exact) mass is 523 g/mol. The van der Waals surface area contributed by atoms with E-state index < -0.39 is 5.97 Å². The van der Waals surface area contributed by atoms with Gasteiger partial charge in [-0.15, -0.1) is 0 Å². The molecule has 0 aliphatic heterocycles. The second kappa shape index (κ2) is 31.4. The van der Waals surface area contributed by atoms with Gasteiger partial charge in [-0.2, -0.15) is 0 Å². The molecule has 0 radical (unpaired) electrons. The lowest BCUT2D eigenvalue weighted by Crippen LogP contribution is -2.17. The lowest BCUT2D eigenvalue weighted by molar-refractivity contribution is -0.154. The molecular formula is C34H66O3. The molecule has 0 bridgehead atoms. The largest absolute Gasteiger partial charge is 0.460 e. The molecule has 0 heterocycles. The van der Waals surface area contributed by atoms with Gasteiger partial charge in [0.05, 0.1) is 6.61 Å². The minimum atomic E-state index is -0.607. The fourth-order valence-electron chi connectivity index (χ4n) is 5.12. The first-order chi connectivity index (χ1) is 18.2. The van der Waals surface area contributed by atoms with Crippen molar-refractivity contribution in [1.82, 2.24) is 0 Å². The number of unbranched alkanes of at least 4 members (excludes halogenated alkanes) is 26. The Morgan fingerprint density at radius 1 is 0.378 bits per heavy atom. The normalized spacial score (nSPS) is 11.2. The summed E-state index contributed by atoms with van der Waals surface area (Å²) < 4.78 is 5.19. The van der Waals surface area contributed by atoms with Crippen LogP contribution in [0.3, 0.4) is 0 Å². The highest BCUT2D eigenvalue weighted by Gasteiger charge is 2.14. The highest BCUT2D eigenvalue weighted by molar-refractivity contribution is 6.33. The summed E-state index contributed by atoms with van der Waals surface area (Å²) in [5.41, 5.74) is 0. The fraction of sp³-hybridized carbons (Fsp3) is 0.941. The summed E-state index contributed by atoms with van der Waals surface area (Å²) in [7, 11) is 0. The summed E-state index contributed by atoms with van der Waals surface area (Å²) in [5, 5.41) is 0. The predicted octanol–water partition coefficient (Wildman–Crippen LogP) is 11.5. The number of ketones is 1. The molecule has 0 aliphatic rings. The summed E-state index contributed by atoms with van der Waals surface area (Å²) in [5.74, 6) is -0.936. The Hall–Kier alpha value is -0.860. The SMILES string of the molecule is CCCCCCCCCCCCCCCCOC(=O)C(=O)CCCCCCCCCCCCCCCC. The van der Waals surface area contributed by atoms with Crippen molar-refractivity contribution in [3.63, 3.8) is 0 Å². The maximum atomic E-state index is 12.0. The first-order valence-corrected chi connectivity index (χ1v) is 16.9. The molecule has 0 aromatic rings. The van der Waals surface area contributed by atoms with Crippen molar-refractivity contribution >= 4 is 11.8 Å². The molecule has 3 heteroatoms. The van der Waals surface area contributed by atoms with Crippen LogP contribution in [0, 0.1) is 0 Å². The highest BCUT2D eigenvalue weighted by Crippen LogP contribution is 2.15. The van der Waals surface area contributed by atoms with Gasteiger partial charge in [0, 0.05) is 6.42 Å². The maximum Gasteiger partial charge on any atom is 0.374 e. The van der Waals surface area contributed by atoms with Crippen molar-refractivity contribution < 1.29 is 14.3 Å². The molecule has 0 aromatic heterocycles. The van der Waals surface area contributed by atoms with Gasteiger partial charge in [-0.3, -0.25) is 4.79 Å². The molecule has 3 nitrogen and oxygen atoms in total. The average Bonchev–Trinajstić information content (AvgIpc) is 2.90. The van der Waals surface area contributed by atoms with Crippen LogP contribution in [0.5, 0.6) is 0 Å². The zero-order chi connectivity index (χ0) is 27.1. The Morgan fingerprint density at radius 3 is 0.973 bits per heavy atom. The summed E-state index contributed by atoms with van der Waals surface area (Å²) >= 11 is 0. The van der Waals surface area contributed by atoms with Crippen LogP contribution in [0.25, 0.3) is 0 Å². The standard InChI is InChI=1S/C34H66O3/c1-3-5-7-9-11-13-15-17-19-21-23-25-27-29-31-33(35)34(36)37-32-30-28-26-24-22-20-18-16-14-12-10-8-6-4-2/h3-32H2,1-2H3. The van der Waals surface area contributed by atoms with E-state index in [0.717, 1.165) is 25.7 Å². The van der Waals surface area contributed by atoms with E-state index in [4.69, 9.17) is 4.74 Å². The van der Waals surface area contributed by atoms with Gasteiger partial charge < -0.3 is 4.74 Å². The number of hydrogen-bond donors (Lipinski definition) is 0. The lowest BCUT2D eigenvalue weighted by atomic mass is 10.0. The number of esters is 1.